The first-order chi connectivity index (χ1) is 9.40. The van der Waals surface area contributed by atoms with Crippen LogP contribution in [0.5, 0.6) is 0 Å². The van der Waals surface area contributed by atoms with Crippen LogP contribution in [0.4, 0.5) is 8.78 Å². The zero-order chi connectivity index (χ0) is 14.9. The molecule has 2 unspecified atom stereocenters. The Morgan fingerprint density at radius 3 is 2.80 bits per heavy atom. The summed E-state index contributed by atoms with van der Waals surface area (Å²) in [5.74, 6) is -1.92. The van der Waals surface area contributed by atoms with E-state index < -0.39 is 17.5 Å². The van der Waals surface area contributed by atoms with Gasteiger partial charge in [0.1, 0.15) is 11.6 Å². The van der Waals surface area contributed by atoms with Gasteiger partial charge in [0.2, 0.25) is 0 Å². The van der Waals surface area contributed by atoms with E-state index in [0.29, 0.717) is 13.1 Å². The van der Waals surface area contributed by atoms with Crippen LogP contribution in [0.25, 0.3) is 0 Å². The third-order valence-electron chi connectivity index (χ3n) is 3.73. The van der Waals surface area contributed by atoms with Gasteiger partial charge in [-0.05, 0) is 37.8 Å². The zero-order valence-electron chi connectivity index (χ0n) is 11.2. The molecule has 20 heavy (non-hydrogen) atoms. The minimum atomic E-state index is -0.802. The molecule has 1 aliphatic heterocycles. The molecule has 2 N–H and O–H groups in total. The number of likely N-dealkylation sites (tertiary alicyclic amines) is 1. The van der Waals surface area contributed by atoms with Crippen molar-refractivity contribution in [3.05, 3.63) is 34.4 Å². The molecule has 1 amide bonds. The highest BCUT2D eigenvalue weighted by Crippen LogP contribution is 2.24. The van der Waals surface area contributed by atoms with Gasteiger partial charge in [0, 0.05) is 19.1 Å². The molecule has 1 saturated heterocycles. The van der Waals surface area contributed by atoms with Gasteiger partial charge in [0.25, 0.3) is 5.91 Å². The summed E-state index contributed by atoms with van der Waals surface area (Å²) >= 11 is 5.48. The summed E-state index contributed by atoms with van der Waals surface area (Å²) < 4.78 is 27.2. The number of nitrogens with zero attached hydrogens (tertiary/aromatic N) is 1. The molecule has 2 rings (SSSR count). The lowest BCUT2D eigenvalue weighted by molar-refractivity contribution is 0.0655. The molecular formula is C14H17ClF2N2O. The maximum atomic E-state index is 13.8. The van der Waals surface area contributed by atoms with Gasteiger partial charge in [-0.2, -0.15) is 0 Å². The second-order valence-electron chi connectivity index (χ2n) is 5.26. The summed E-state index contributed by atoms with van der Waals surface area (Å²) in [6.07, 6.45) is 1.76. The molecule has 0 bridgehead atoms. The van der Waals surface area contributed by atoms with Crippen molar-refractivity contribution in [1.29, 1.82) is 0 Å². The van der Waals surface area contributed by atoms with Crippen LogP contribution in [0, 0.1) is 17.6 Å². The Labute approximate surface area is 121 Å². The first-order valence-electron chi connectivity index (χ1n) is 6.59. The lowest BCUT2D eigenvalue weighted by Crippen LogP contribution is -2.45. The van der Waals surface area contributed by atoms with Gasteiger partial charge in [0.05, 0.1) is 10.6 Å². The van der Waals surface area contributed by atoms with Gasteiger partial charge in [-0.15, -0.1) is 0 Å². The SMILES string of the molecule is CC(N)C1CCCN(C(=O)c2cc(F)c(Cl)cc2F)C1. The zero-order valence-corrected chi connectivity index (χ0v) is 12.0. The quantitative estimate of drug-likeness (QED) is 0.854. The maximum Gasteiger partial charge on any atom is 0.256 e. The predicted molar refractivity (Wildman–Crippen MR) is 73.6 cm³/mol. The molecule has 0 saturated carbocycles. The first kappa shape index (κ1) is 15.2. The summed E-state index contributed by atoms with van der Waals surface area (Å²) in [6, 6.07) is 1.66. The molecule has 0 aliphatic carbocycles. The molecule has 1 aliphatic rings. The van der Waals surface area contributed by atoms with Crippen LogP contribution in [0.2, 0.25) is 5.02 Å². The summed E-state index contributed by atoms with van der Waals surface area (Å²) in [6.45, 7) is 2.90. The molecule has 2 atom stereocenters. The van der Waals surface area contributed by atoms with Crippen LogP contribution in [-0.2, 0) is 0 Å². The highest BCUT2D eigenvalue weighted by molar-refractivity contribution is 6.30. The van der Waals surface area contributed by atoms with E-state index in [1.54, 1.807) is 0 Å². The second-order valence-corrected chi connectivity index (χ2v) is 5.67. The van der Waals surface area contributed by atoms with Gasteiger partial charge in [0.15, 0.2) is 0 Å². The van der Waals surface area contributed by atoms with Crippen molar-refractivity contribution in [2.45, 2.75) is 25.8 Å². The Morgan fingerprint density at radius 2 is 2.15 bits per heavy atom. The molecule has 0 aromatic heterocycles. The molecule has 0 radical (unpaired) electrons. The molecule has 1 aromatic rings. The highest BCUT2D eigenvalue weighted by atomic mass is 35.5. The fraction of sp³-hybridized carbons (Fsp3) is 0.500. The number of carbonyl (C=O) groups excluding carboxylic acids is 1. The van der Waals surface area contributed by atoms with Crippen LogP contribution in [0.15, 0.2) is 12.1 Å². The van der Waals surface area contributed by atoms with Gasteiger partial charge in [-0.1, -0.05) is 11.6 Å². The number of nitrogens with two attached hydrogens (primary N) is 1. The third-order valence-corrected chi connectivity index (χ3v) is 4.02. The number of halogens is 3. The normalized spacial score (nSPS) is 20.9. The Kier molecular flexibility index (Phi) is 4.60. The molecule has 0 spiro atoms. The summed E-state index contributed by atoms with van der Waals surface area (Å²) in [4.78, 5) is 13.8. The van der Waals surface area contributed by atoms with Crippen LogP contribution in [0.3, 0.4) is 0 Å². The van der Waals surface area contributed by atoms with Gasteiger partial charge < -0.3 is 10.6 Å². The predicted octanol–water partition coefficient (Wildman–Crippen LogP) is 2.82. The van der Waals surface area contributed by atoms with Crippen LogP contribution in [-0.4, -0.2) is 29.9 Å². The monoisotopic (exact) mass is 302 g/mol. The number of rotatable bonds is 2. The number of carbonyl (C=O) groups is 1. The molecule has 1 aromatic carbocycles. The minimum Gasteiger partial charge on any atom is -0.338 e. The Balaban J connectivity index is 2.21. The van der Waals surface area contributed by atoms with Crippen LogP contribution >= 0.6 is 11.6 Å². The van der Waals surface area contributed by atoms with E-state index in [0.717, 1.165) is 25.0 Å². The van der Waals surface area contributed by atoms with Crippen molar-refractivity contribution in [2.75, 3.05) is 13.1 Å². The third kappa shape index (κ3) is 3.10. The van der Waals surface area contributed by atoms with E-state index in [-0.39, 0.29) is 22.5 Å². The molecular weight excluding hydrogens is 286 g/mol. The average molecular weight is 303 g/mol. The lowest BCUT2D eigenvalue weighted by atomic mass is 9.92. The summed E-state index contributed by atoms with van der Waals surface area (Å²) in [5, 5.41) is -0.328. The number of benzene rings is 1. The molecule has 1 fully saturated rings. The van der Waals surface area contributed by atoms with Crippen molar-refractivity contribution < 1.29 is 13.6 Å². The van der Waals surface area contributed by atoms with Gasteiger partial charge in [-0.25, -0.2) is 8.78 Å². The summed E-state index contributed by atoms with van der Waals surface area (Å²) in [5.41, 5.74) is 5.57. The average Bonchev–Trinajstić information content (AvgIpc) is 2.42. The van der Waals surface area contributed by atoms with Crippen molar-refractivity contribution in [2.24, 2.45) is 11.7 Å². The Bertz CT molecular complexity index is 522. The standard InChI is InChI=1S/C14H17ClF2N2O/c1-8(18)9-3-2-4-19(7-9)14(20)10-5-13(17)11(15)6-12(10)16/h5-6,8-9H,2-4,7,18H2,1H3. The van der Waals surface area contributed by atoms with E-state index in [9.17, 15) is 13.6 Å². The first-order valence-corrected chi connectivity index (χ1v) is 6.97. The van der Waals surface area contributed by atoms with E-state index in [4.69, 9.17) is 17.3 Å². The number of amides is 1. The van der Waals surface area contributed by atoms with Crippen LogP contribution in [0.1, 0.15) is 30.1 Å². The lowest BCUT2D eigenvalue weighted by Gasteiger charge is -2.34. The Hall–Kier alpha value is -1.20. The van der Waals surface area contributed by atoms with Gasteiger partial charge >= 0.3 is 0 Å². The van der Waals surface area contributed by atoms with E-state index in [1.165, 1.54) is 4.90 Å². The highest BCUT2D eigenvalue weighted by Gasteiger charge is 2.28. The fourth-order valence-corrected chi connectivity index (χ4v) is 2.63. The smallest absolute Gasteiger partial charge is 0.256 e. The van der Waals surface area contributed by atoms with Gasteiger partial charge in [-0.3, -0.25) is 4.79 Å². The largest absolute Gasteiger partial charge is 0.338 e. The second kappa shape index (κ2) is 6.06. The molecule has 1 heterocycles. The van der Waals surface area contributed by atoms with E-state index in [2.05, 4.69) is 0 Å². The molecule has 3 nitrogen and oxygen atoms in total. The molecule has 110 valence electrons. The number of piperidine rings is 1. The van der Waals surface area contributed by atoms with Crippen molar-refractivity contribution in [3.63, 3.8) is 0 Å². The number of hydrogen-bond donors (Lipinski definition) is 1. The fourth-order valence-electron chi connectivity index (χ4n) is 2.48. The topological polar surface area (TPSA) is 46.3 Å². The Morgan fingerprint density at radius 1 is 1.45 bits per heavy atom. The van der Waals surface area contributed by atoms with Crippen molar-refractivity contribution in [1.82, 2.24) is 4.90 Å². The van der Waals surface area contributed by atoms with Crippen molar-refractivity contribution in [3.8, 4) is 0 Å². The summed E-state index contributed by atoms with van der Waals surface area (Å²) in [7, 11) is 0. The minimum absolute atomic E-state index is 0.0302. The van der Waals surface area contributed by atoms with Crippen LogP contribution < -0.4 is 5.73 Å². The van der Waals surface area contributed by atoms with E-state index >= 15 is 0 Å². The van der Waals surface area contributed by atoms with E-state index in [1.807, 2.05) is 6.92 Å². The van der Waals surface area contributed by atoms with Crippen molar-refractivity contribution >= 4 is 17.5 Å². The number of hydrogen-bond acceptors (Lipinski definition) is 2. The molecule has 6 heteroatoms. The maximum absolute atomic E-state index is 13.8.